The number of amides is 1. The van der Waals surface area contributed by atoms with Gasteiger partial charge in [0.05, 0.1) is 6.10 Å². The number of carbonyl (C=O) groups excluding carboxylic acids is 1. The molecule has 1 aliphatic rings. The van der Waals surface area contributed by atoms with Crippen LogP contribution in [0, 0.1) is 0 Å². The highest BCUT2D eigenvalue weighted by Crippen LogP contribution is 2.27. The van der Waals surface area contributed by atoms with Gasteiger partial charge in [-0.05, 0) is 36.8 Å². The first-order chi connectivity index (χ1) is 10.6. The molecule has 1 saturated heterocycles. The maximum absolute atomic E-state index is 12.6. The second-order valence-electron chi connectivity index (χ2n) is 5.89. The average Bonchev–Trinajstić information content (AvgIpc) is 2.55. The predicted octanol–water partition coefficient (Wildman–Crippen LogP) is 3.19. The van der Waals surface area contributed by atoms with Crippen LogP contribution in [0.15, 0.2) is 36.4 Å². The number of ether oxygens (including phenoxy) is 1. The molecule has 4 nitrogen and oxygen atoms in total. The Hall–Kier alpha value is -2.07. The van der Waals surface area contributed by atoms with E-state index >= 15 is 0 Å². The van der Waals surface area contributed by atoms with Crippen molar-refractivity contribution in [1.82, 2.24) is 4.90 Å². The summed E-state index contributed by atoms with van der Waals surface area (Å²) in [6.07, 6.45) is 3.38. The summed E-state index contributed by atoms with van der Waals surface area (Å²) >= 11 is 0. The van der Waals surface area contributed by atoms with Crippen LogP contribution in [0.4, 0.5) is 0 Å². The van der Waals surface area contributed by atoms with Crippen LogP contribution in [0.3, 0.4) is 0 Å². The van der Waals surface area contributed by atoms with Crippen molar-refractivity contribution >= 4 is 16.7 Å². The van der Waals surface area contributed by atoms with E-state index in [0.717, 1.165) is 36.6 Å². The normalized spacial score (nSPS) is 18.3. The molecule has 0 bridgehead atoms. The van der Waals surface area contributed by atoms with E-state index in [1.54, 1.807) is 18.0 Å². The van der Waals surface area contributed by atoms with Gasteiger partial charge in [-0.25, -0.2) is 0 Å². The number of carbonyl (C=O) groups is 1. The topological polar surface area (TPSA) is 49.8 Å². The fraction of sp³-hybridized carbons (Fsp3) is 0.389. The van der Waals surface area contributed by atoms with Crippen LogP contribution in [0.25, 0.3) is 10.8 Å². The van der Waals surface area contributed by atoms with Gasteiger partial charge in [0.15, 0.2) is 0 Å². The fourth-order valence-electron chi connectivity index (χ4n) is 2.97. The van der Waals surface area contributed by atoms with Crippen LogP contribution in [0.1, 0.15) is 29.6 Å². The summed E-state index contributed by atoms with van der Waals surface area (Å²) in [7, 11) is 1.78. The molecule has 0 aromatic heterocycles. The smallest absolute Gasteiger partial charge is 0.253 e. The van der Waals surface area contributed by atoms with Crippen LogP contribution in [-0.4, -0.2) is 42.2 Å². The predicted molar refractivity (Wildman–Crippen MR) is 86.2 cm³/mol. The minimum Gasteiger partial charge on any atom is -0.507 e. The molecule has 0 aliphatic carbocycles. The zero-order valence-electron chi connectivity index (χ0n) is 12.8. The van der Waals surface area contributed by atoms with Crippen molar-refractivity contribution in [2.75, 3.05) is 20.2 Å². The number of likely N-dealkylation sites (N-methyl/N-ethyl adjacent to an activating group) is 1. The Morgan fingerprint density at radius 1 is 1.32 bits per heavy atom. The van der Waals surface area contributed by atoms with Crippen LogP contribution in [0.5, 0.6) is 5.75 Å². The average molecular weight is 299 g/mol. The molecule has 0 radical (unpaired) electrons. The molecule has 2 aromatic rings. The van der Waals surface area contributed by atoms with Gasteiger partial charge in [0.2, 0.25) is 0 Å². The third-order valence-corrected chi connectivity index (χ3v) is 4.19. The van der Waals surface area contributed by atoms with Gasteiger partial charge in [-0.2, -0.15) is 0 Å². The molecule has 0 saturated carbocycles. The summed E-state index contributed by atoms with van der Waals surface area (Å²) in [6.45, 7) is 1.37. The number of hydrogen-bond acceptors (Lipinski definition) is 3. The van der Waals surface area contributed by atoms with Crippen LogP contribution >= 0.6 is 0 Å². The maximum Gasteiger partial charge on any atom is 0.253 e. The van der Waals surface area contributed by atoms with E-state index in [2.05, 4.69) is 0 Å². The van der Waals surface area contributed by atoms with E-state index in [4.69, 9.17) is 4.74 Å². The molecule has 1 fully saturated rings. The highest BCUT2D eigenvalue weighted by Gasteiger charge is 2.20. The number of phenolic OH excluding ortho intramolecular Hbond substituents is 1. The number of phenols is 1. The molecule has 1 unspecified atom stereocenters. The highest BCUT2D eigenvalue weighted by atomic mass is 16.5. The lowest BCUT2D eigenvalue weighted by Gasteiger charge is -2.27. The lowest BCUT2D eigenvalue weighted by Crippen LogP contribution is -2.37. The van der Waals surface area contributed by atoms with Gasteiger partial charge in [0.1, 0.15) is 5.75 Å². The summed E-state index contributed by atoms with van der Waals surface area (Å²) in [4.78, 5) is 14.3. The molecule has 1 heterocycles. The van der Waals surface area contributed by atoms with E-state index in [1.165, 1.54) is 0 Å². The van der Waals surface area contributed by atoms with Gasteiger partial charge in [-0.1, -0.05) is 24.3 Å². The Labute approximate surface area is 130 Å². The van der Waals surface area contributed by atoms with Crippen molar-refractivity contribution in [1.29, 1.82) is 0 Å². The van der Waals surface area contributed by atoms with Crippen molar-refractivity contribution in [3.8, 4) is 5.75 Å². The molecule has 1 N–H and O–H groups in total. The largest absolute Gasteiger partial charge is 0.507 e. The van der Waals surface area contributed by atoms with Gasteiger partial charge < -0.3 is 14.7 Å². The fourth-order valence-corrected chi connectivity index (χ4v) is 2.97. The van der Waals surface area contributed by atoms with Crippen molar-refractivity contribution < 1.29 is 14.6 Å². The van der Waals surface area contributed by atoms with Crippen molar-refractivity contribution in [3.63, 3.8) is 0 Å². The second-order valence-corrected chi connectivity index (χ2v) is 5.89. The second kappa shape index (κ2) is 6.36. The molecule has 116 valence electrons. The monoisotopic (exact) mass is 299 g/mol. The van der Waals surface area contributed by atoms with Crippen molar-refractivity contribution in [3.05, 3.63) is 42.0 Å². The van der Waals surface area contributed by atoms with Gasteiger partial charge in [0, 0.05) is 31.1 Å². The first-order valence-corrected chi connectivity index (χ1v) is 7.74. The molecule has 4 heteroatoms. The van der Waals surface area contributed by atoms with E-state index in [0.29, 0.717) is 12.1 Å². The molecular formula is C18H21NO3. The molecule has 22 heavy (non-hydrogen) atoms. The van der Waals surface area contributed by atoms with E-state index in [9.17, 15) is 9.90 Å². The van der Waals surface area contributed by atoms with Gasteiger partial charge >= 0.3 is 0 Å². The lowest BCUT2D eigenvalue weighted by molar-refractivity contribution is -0.000187. The standard InChI is InChI=1S/C18H21NO3/c1-19(12-15-7-4-5-9-22-15)18(21)14-10-13-6-2-3-8-16(13)17(20)11-14/h2-3,6,8,10-11,15,20H,4-5,7,9,12H2,1H3. The molecule has 0 spiro atoms. The van der Waals surface area contributed by atoms with E-state index < -0.39 is 0 Å². The molecule has 3 rings (SSSR count). The minimum absolute atomic E-state index is 0.0878. The number of hydrogen-bond donors (Lipinski definition) is 1. The number of fused-ring (bicyclic) bond motifs is 1. The number of rotatable bonds is 3. The SMILES string of the molecule is CN(CC1CCCCO1)C(=O)c1cc(O)c2ccccc2c1. The zero-order chi connectivity index (χ0) is 15.5. The van der Waals surface area contributed by atoms with Crippen LogP contribution in [-0.2, 0) is 4.74 Å². The number of aromatic hydroxyl groups is 1. The summed E-state index contributed by atoms with van der Waals surface area (Å²) in [5, 5.41) is 11.7. The van der Waals surface area contributed by atoms with Gasteiger partial charge in [-0.3, -0.25) is 4.79 Å². The number of nitrogens with zero attached hydrogens (tertiary/aromatic N) is 1. The molecular weight excluding hydrogens is 278 g/mol. The summed E-state index contributed by atoms with van der Waals surface area (Å²) in [5.74, 6) is 0.0546. The molecule has 2 aromatic carbocycles. The van der Waals surface area contributed by atoms with E-state index in [1.807, 2.05) is 30.3 Å². The Kier molecular flexibility index (Phi) is 4.29. The Morgan fingerprint density at radius 3 is 2.91 bits per heavy atom. The van der Waals surface area contributed by atoms with Crippen molar-refractivity contribution in [2.24, 2.45) is 0 Å². The third-order valence-electron chi connectivity index (χ3n) is 4.19. The maximum atomic E-state index is 12.6. The number of benzene rings is 2. The summed E-state index contributed by atoms with van der Waals surface area (Å²) in [6, 6.07) is 10.9. The Balaban J connectivity index is 1.79. The zero-order valence-corrected chi connectivity index (χ0v) is 12.8. The quantitative estimate of drug-likeness (QED) is 0.947. The minimum atomic E-state index is -0.0878. The van der Waals surface area contributed by atoms with Gasteiger partial charge in [-0.15, -0.1) is 0 Å². The molecule has 1 atom stereocenters. The molecule has 1 amide bonds. The Bertz CT molecular complexity index is 677. The van der Waals surface area contributed by atoms with E-state index in [-0.39, 0.29) is 17.8 Å². The first kappa shape index (κ1) is 14.9. The lowest BCUT2D eigenvalue weighted by atomic mass is 10.0. The van der Waals surface area contributed by atoms with Gasteiger partial charge in [0.25, 0.3) is 5.91 Å². The third kappa shape index (κ3) is 3.07. The van der Waals surface area contributed by atoms with Crippen LogP contribution < -0.4 is 0 Å². The van der Waals surface area contributed by atoms with Crippen LogP contribution in [0.2, 0.25) is 0 Å². The summed E-state index contributed by atoms with van der Waals surface area (Å²) in [5.41, 5.74) is 0.509. The molecule has 1 aliphatic heterocycles. The first-order valence-electron chi connectivity index (χ1n) is 7.74. The highest BCUT2D eigenvalue weighted by molar-refractivity contribution is 6.00. The Morgan fingerprint density at radius 2 is 2.14 bits per heavy atom. The van der Waals surface area contributed by atoms with Crippen molar-refractivity contribution in [2.45, 2.75) is 25.4 Å². The summed E-state index contributed by atoms with van der Waals surface area (Å²) < 4.78 is 5.69.